The van der Waals surface area contributed by atoms with Gasteiger partial charge in [0, 0.05) is 37.0 Å². The number of carbonyl (C=O) groups is 3. The lowest BCUT2D eigenvalue weighted by molar-refractivity contribution is -0.167. The summed E-state index contributed by atoms with van der Waals surface area (Å²) < 4.78 is 211. The van der Waals surface area contributed by atoms with Gasteiger partial charge in [0.15, 0.2) is 15.5 Å². The maximum Gasteiger partial charge on any atom is 0.407 e. The number of sulfone groups is 1. The van der Waals surface area contributed by atoms with E-state index in [4.69, 9.17) is 0 Å². The zero-order valence-electron chi connectivity index (χ0n) is 53.1. The third kappa shape index (κ3) is 17.0. The number of aliphatic hydroxyl groups is 1. The topological polar surface area (TPSA) is 300 Å². The molecule has 524 valence electrons. The first-order valence-corrected chi connectivity index (χ1v) is 32.8. The van der Waals surface area contributed by atoms with E-state index in [2.05, 4.69) is 21.3 Å². The van der Waals surface area contributed by atoms with Crippen LogP contribution in [0.1, 0.15) is 104 Å². The van der Waals surface area contributed by atoms with Gasteiger partial charge in [0.05, 0.1) is 63.5 Å². The van der Waals surface area contributed by atoms with Crippen molar-refractivity contribution >= 4 is 27.6 Å². The zero-order chi connectivity index (χ0) is 74.3. The lowest BCUT2D eigenvalue weighted by Gasteiger charge is -2.39. The Morgan fingerprint density at radius 2 is 1.06 bits per heavy atom. The van der Waals surface area contributed by atoms with Gasteiger partial charge in [-0.05, 0) is 124 Å². The molecule has 0 radical (unpaired) electrons. The number of halogens is 12. The first kappa shape index (κ1) is 75.1. The van der Waals surface area contributed by atoms with E-state index in [0.29, 0.717) is 16.0 Å². The van der Waals surface area contributed by atoms with Gasteiger partial charge >= 0.3 is 12.4 Å². The standard InChI is InChI=1S/C72H55F12N11O6S/c1-102(100,101)55-24-20-43(21-25-55)42-8-16-46(17-9-42)64(71(79,80)81)92-62(44-12-13-44)68(98)95(53(36-89)29-49-5-3-39(33-86)27-58(49)74)54(37-90)31-56-59(75)30-50(34-87)60(61(56)76)67(97)94-70(51-22-23-51,69(99)91-52(35-88)28-48-4-2-38(32-85)26-57(48)73)93-65(72(82,83)84)47-18-10-41(11-19-47)40-6-14-45(15-7-40)63(96)66(77)78/h2-11,14-21,24-27,30,44,51-54,62-66,92-93,96H,12-13,22-23,28-29,31H2,1H3,(H,91,99)(H,94,97)/t52-,53-,54-,62-,63+,64-,65-,70-/m0/s1. The summed E-state index contributed by atoms with van der Waals surface area (Å²) in [4.78, 5) is 46.0. The molecule has 3 amide bonds. The summed E-state index contributed by atoms with van der Waals surface area (Å²) in [6.07, 6.45) is -18.5. The van der Waals surface area contributed by atoms with Crippen molar-refractivity contribution in [2.45, 2.75) is 117 Å². The summed E-state index contributed by atoms with van der Waals surface area (Å²) in [5.41, 5.74) is -8.61. The number of carbonyl (C=O) groups excluding carboxylic acids is 3. The van der Waals surface area contributed by atoms with Crippen LogP contribution in [0.25, 0.3) is 22.3 Å². The Kier molecular flexibility index (Phi) is 22.7. The highest BCUT2D eigenvalue weighted by Gasteiger charge is 2.58. The van der Waals surface area contributed by atoms with Crippen LogP contribution in [0.2, 0.25) is 0 Å². The van der Waals surface area contributed by atoms with E-state index in [9.17, 15) is 53.9 Å². The van der Waals surface area contributed by atoms with Crippen LogP contribution in [0.3, 0.4) is 0 Å². The summed E-state index contributed by atoms with van der Waals surface area (Å²) >= 11 is 0. The lowest BCUT2D eigenvalue weighted by Crippen LogP contribution is -2.71. The highest BCUT2D eigenvalue weighted by Crippen LogP contribution is 2.45. The summed E-state index contributed by atoms with van der Waals surface area (Å²) in [5.74, 6) is -13.6. The number of rotatable bonds is 26. The van der Waals surface area contributed by atoms with Crippen molar-refractivity contribution in [3.8, 4) is 58.7 Å². The zero-order valence-corrected chi connectivity index (χ0v) is 53.9. The molecule has 0 heterocycles. The molecule has 102 heavy (non-hydrogen) atoms. The van der Waals surface area contributed by atoms with Crippen LogP contribution in [0.15, 0.2) is 144 Å². The van der Waals surface area contributed by atoms with Crippen molar-refractivity contribution in [2.24, 2.45) is 11.8 Å². The number of amides is 3. The minimum absolute atomic E-state index is 0.0428. The molecule has 2 saturated carbocycles. The Morgan fingerprint density at radius 3 is 1.48 bits per heavy atom. The summed E-state index contributed by atoms with van der Waals surface area (Å²) in [6.45, 7) is 0. The van der Waals surface area contributed by atoms with Crippen molar-refractivity contribution < 1.29 is 80.6 Å². The van der Waals surface area contributed by atoms with E-state index in [1.165, 1.54) is 54.6 Å². The minimum Gasteiger partial charge on any atom is -0.382 e. The summed E-state index contributed by atoms with van der Waals surface area (Å²) in [7, 11) is -3.63. The SMILES string of the molecule is CS(=O)(=O)c1ccc(-c2ccc([C@H](N[C@H](C(=O)N([C@H](C#N)Cc3ccc(C#N)cc3F)[C@H](C#N)Cc3c(F)cc(C#N)c(C(=O)N[C@](N[C@@H](c4ccc(-c5ccc([C@@H](O)C(F)F)cc5)cc4)C(F)(F)F)(C(=O)N[C@H](C#N)Cc4ccc(C#N)cc4F)C4CC4)c3F)C3CC3)C(F)(F)F)cc2)cc1. The second-order valence-corrected chi connectivity index (χ2v) is 26.4. The highest BCUT2D eigenvalue weighted by molar-refractivity contribution is 7.90. The fourth-order valence-corrected chi connectivity index (χ4v) is 12.4. The predicted octanol–water partition coefficient (Wildman–Crippen LogP) is 11.9. The largest absolute Gasteiger partial charge is 0.407 e. The number of hydrogen-bond acceptors (Lipinski definition) is 14. The molecule has 8 atom stereocenters. The smallest absolute Gasteiger partial charge is 0.382 e. The summed E-state index contributed by atoms with van der Waals surface area (Å²) in [5, 5.41) is 80.1. The molecule has 17 nitrogen and oxygen atoms in total. The van der Waals surface area contributed by atoms with Crippen molar-refractivity contribution in [1.82, 2.24) is 26.2 Å². The summed E-state index contributed by atoms with van der Waals surface area (Å²) in [6, 6.07) is 20.8. The average Bonchev–Trinajstić information content (AvgIpc) is 1.56. The van der Waals surface area contributed by atoms with E-state index >= 15 is 58.3 Å². The molecule has 0 saturated heterocycles. The van der Waals surface area contributed by atoms with Gasteiger partial charge < -0.3 is 20.6 Å². The first-order valence-electron chi connectivity index (χ1n) is 30.9. The van der Waals surface area contributed by atoms with Gasteiger partial charge in [-0.3, -0.25) is 25.0 Å². The number of alkyl halides is 8. The molecule has 0 aliphatic heterocycles. The fraction of sp³-hybridized carbons (Fsp3) is 0.292. The molecule has 0 unspecified atom stereocenters. The van der Waals surface area contributed by atoms with Gasteiger partial charge in [-0.1, -0.05) is 97.1 Å². The molecule has 0 aromatic heterocycles. The fourth-order valence-electron chi connectivity index (χ4n) is 11.8. The number of nitrogens with zero attached hydrogens (tertiary/aromatic N) is 7. The van der Waals surface area contributed by atoms with E-state index < -0.39 is 182 Å². The Hall–Kier alpha value is -11.1. The van der Waals surface area contributed by atoms with Gasteiger partial charge in [-0.15, -0.1) is 0 Å². The van der Waals surface area contributed by atoms with E-state index in [-0.39, 0.29) is 70.0 Å². The van der Waals surface area contributed by atoms with Crippen LogP contribution >= 0.6 is 0 Å². The molecule has 5 N–H and O–H groups in total. The van der Waals surface area contributed by atoms with Crippen LogP contribution in [-0.4, -0.2) is 91.0 Å². The Morgan fingerprint density at radius 1 is 0.588 bits per heavy atom. The monoisotopic (exact) mass is 1430 g/mol. The van der Waals surface area contributed by atoms with Crippen LogP contribution in [0.4, 0.5) is 52.7 Å². The lowest BCUT2D eigenvalue weighted by atomic mass is 9.93. The number of benzene rings is 7. The van der Waals surface area contributed by atoms with Gasteiger partial charge in [0.1, 0.15) is 65.7 Å². The normalized spacial score (nSPS) is 15.7. The molecule has 30 heteroatoms. The number of nitrogens with one attached hydrogen (secondary N) is 4. The van der Waals surface area contributed by atoms with Crippen LogP contribution in [-0.2, 0) is 38.7 Å². The van der Waals surface area contributed by atoms with Gasteiger partial charge in [0.2, 0.25) is 5.91 Å². The quantitative estimate of drug-likeness (QED) is 0.0249. The third-order valence-electron chi connectivity index (χ3n) is 17.5. The maximum atomic E-state index is 17.9. The Balaban J connectivity index is 1.11. The Labute approximate surface area is 575 Å². The van der Waals surface area contributed by atoms with Crippen LogP contribution < -0.4 is 21.3 Å². The van der Waals surface area contributed by atoms with E-state index in [1.807, 2.05) is 0 Å². The van der Waals surface area contributed by atoms with Crippen LogP contribution in [0, 0.1) is 103 Å². The second kappa shape index (κ2) is 30.8. The van der Waals surface area contributed by atoms with Crippen molar-refractivity contribution in [1.29, 1.82) is 31.6 Å². The predicted molar refractivity (Wildman–Crippen MR) is 339 cm³/mol. The highest BCUT2D eigenvalue weighted by atomic mass is 32.2. The maximum absolute atomic E-state index is 17.9. The third-order valence-corrected chi connectivity index (χ3v) is 18.6. The van der Waals surface area contributed by atoms with Crippen LogP contribution in [0.5, 0.6) is 0 Å². The van der Waals surface area contributed by atoms with Crippen molar-refractivity contribution in [3.63, 3.8) is 0 Å². The van der Waals surface area contributed by atoms with Gasteiger partial charge in [-0.2, -0.15) is 57.9 Å². The van der Waals surface area contributed by atoms with Crippen molar-refractivity contribution in [3.05, 3.63) is 218 Å². The van der Waals surface area contributed by atoms with Crippen molar-refractivity contribution in [2.75, 3.05) is 6.26 Å². The molecule has 2 aliphatic rings. The molecule has 2 fully saturated rings. The van der Waals surface area contributed by atoms with Gasteiger partial charge in [0.25, 0.3) is 18.2 Å². The second-order valence-electron chi connectivity index (χ2n) is 24.4. The molecule has 7 aromatic carbocycles. The molecule has 0 bridgehead atoms. The molecule has 2 aliphatic carbocycles. The van der Waals surface area contributed by atoms with E-state index in [1.54, 1.807) is 30.3 Å². The minimum atomic E-state index is -5.47. The Bertz CT molecular complexity index is 4730. The first-order chi connectivity index (χ1) is 48.3. The number of nitriles is 6. The molecule has 9 rings (SSSR count). The number of hydrogen-bond donors (Lipinski definition) is 5. The molecule has 7 aromatic rings. The number of aliphatic hydroxyl groups excluding tert-OH is 1. The molecular formula is C72H55F12N11O6S. The molecule has 0 spiro atoms. The van der Waals surface area contributed by atoms with Gasteiger partial charge in [-0.25, -0.2) is 34.8 Å². The average molecular weight is 1430 g/mol. The van der Waals surface area contributed by atoms with E-state index in [0.717, 1.165) is 91.2 Å². The molecular weight excluding hydrogens is 1370 g/mol.